The molecule has 6 fully saturated rings. The van der Waals surface area contributed by atoms with E-state index < -0.39 is 95.2 Å². The third-order valence-corrected chi connectivity index (χ3v) is 21.1. The first kappa shape index (κ1) is 64.2. The summed E-state index contributed by atoms with van der Waals surface area (Å²) in [6, 6.07) is 28.2. The highest BCUT2D eigenvalue weighted by molar-refractivity contribution is 6.03. The van der Waals surface area contributed by atoms with Crippen molar-refractivity contribution in [2.75, 3.05) is 40.3 Å². The van der Waals surface area contributed by atoms with E-state index in [1.807, 2.05) is 99.0 Å². The number of carboxylic acids is 2. The lowest BCUT2D eigenvalue weighted by atomic mass is 9.79. The number of carbonyl (C=O) groups is 8. The van der Waals surface area contributed by atoms with Gasteiger partial charge in [0.2, 0.25) is 35.1 Å². The zero-order valence-corrected chi connectivity index (χ0v) is 53.3. The van der Waals surface area contributed by atoms with Crippen LogP contribution in [0.5, 0.6) is 0 Å². The molecule has 10 heterocycles. The van der Waals surface area contributed by atoms with Crippen molar-refractivity contribution in [3.8, 4) is 0 Å². The molecule has 26 heteroatoms. The predicted octanol–water partition coefficient (Wildman–Crippen LogP) is 1.86. The first-order valence-corrected chi connectivity index (χ1v) is 32.5. The number of aliphatic hydroxyl groups excluding tert-OH is 2. The lowest BCUT2D eigenvalue weighted by Gasteiger charge is -2.48. The zero-order chi connectivity index (χ0) is 67.7. The fourth-order valence-electron chi connectivity index (χ4n) is 16.5. The lowest BCUT2D eigenvalue weighted by Crippen LogP contribution is -2.71. The summed E-state index contributed by atoms with van der Waals surface area (Å²) < 4.78 is 12.5. The number of hydrogen-bond acceptors (Lipinski definition) is 16. The summed E-state index contributed by atoms with van der Waals surface area (Å²) >= 11 is 0. The number of fused-ring (bicyclic) bond motifs is 10. The number of aromatic nitrogens is 2. The number of aliphatic hydroxyl groups is 4. The molecular formula is C70H76N10O16. The first-order chi connectivity index (χ1) is 45.8. The Hall–Kier alpha value is -9.12. The van der Waals surface area contributed by atoms with Gasteiger partial charge in [-0.3, -0.25) is 57.8 Å². The van der Waals surface area contributed by atoms with Crippen LogP contribution in [-0.4, -0.2) is 229 Å². The van der Waals surface area contributed by atoms with Crippen molar-refractivity contribution in [2.45, 2.75) is 137 Å². The highest BCUT2D eigenvalue weighted by Gasteiger charge is 2.72. The monoisotopic (exact) mass is 1310 g/mol. The molecule has 502 valence electrons. The van der Waals surface area contributed by atoms with E-state index in [-0.39, 0.29) is 48.6 Å². The molecule has 2 aliphatic carbocycles. The fourth-order valence-corrected chi connectivity index (χ4v) is 16.5. The van der Waals surface area contributed by atoms with Crippen molar-refractivity contribution >= 4 is 80.3 Å². The molecular weight excluding hydrogens is 1240 g/mol. The normalized spacial score (nSPS) is 31.5. The van der Waals surface area contributed by atoms with Gasteiger partial charge >= 0.3 is 11.9 Å². The number of aliphatic carboxylic acids is 2. The second-order valence-corrected chi connectivity index (χ2v) is 27.1. The van der Waals surface area contributed by atoms with Gasteiger partial charge < -0.3 is 61.0 Å². The van der Waals surface area contributed by atoms with Gasteiger partial charge in [-0.05, 0) is 123 Å². The summed E-state index contributed by atoms with van der Waals surface area (Å²) in [6.07, 6.45) is 8.23. The fraction of sp³-hybridized carbons (Fsp3) is 0.429. The molecule has 16 rings (SSSR count). The van der Waals surface area contributed by atoms with E-state index >= 15 is 0 Å². The Balaban J connectivity index is 0.000000145. The Labute approximate surface area is 550 Å². The molecule has 2 aromatic heterocycles. The average Bonchev–Trinajstić information content (AvgIpc) is 1.54. The molecule has 26 nitrogen and oxygen atoms in total. The number of piperazine rings is 2. The van der Waals surface area contributed by atoms with E-state index in [9.17, 15) is 48.6 Å². The van der Waals surface area contributed by atoms with Crippen LogP contribution in [0.2, 0.25) is 0 Å². The molecule has 0 radical (unpaired) electrons. The van der Waals surface area contributed by atoms with E-state index in [2.05, 4.69) is 67.1 Å². The Kier molecular flexibility index (Phi) is 16.0. The Morgan fingerprint density at radius 2 is 0.958 bits per heavy atom. The minimum Gasteiger partial charge on any atom is -0.479 e. The van der Waals surface area contributed by atoms with Crippen LogP contribution in [-0.2, 0) is 73.5 Å². The maximum absolute atomic E-state index is 14.2. The number of H-pyrrole nitrogens is 2. The van der Waals surface area contributed by atoms with Gasteiger partial charge in [0, 0.05) is 85.3 Å². The molecule has 0 bridgehead atoms. The van der Waals surface area contributed by atoms with Crippen LogP contribution in [0.4, 0.5) is 0 Å². The average molecular weight is 1310 g/mol. The quantitative estimate of drug-likeness (QED) is 0.0885. The molecule has 96 heavy (non-hydrogen) atoms. The number of benzene rings is 4. The third kappa shape index (κ3) is 10.5. The number of nitrogens with one attached hydrogen (secondary N) is 4. The summed E-state index contributed by atoms with van der Waals surface area (Å²) in [5, 5.41) is 64.7. The van der Waals surface area contributed by atoms with Gasteiger partial charge in [-0.1, -0.05) is 97.1 Å². The minimum atomic E-state index is -2.27. The van der Waals surface area contributed by atoms with E-state index in [0.29, 0.717) is 51.9 Å². The first-order valence-electron chi connectivity index (χ1n) is 32.5. The Bertz CT molecular complexity index is 3990. The molecule has 0 spiro atoms. The number of carbonyl (C=O) groups excluding carboxylic acids is 6. The van der Waals surface area contributed by atoms with Gasteiger partial charge in [-0.15, -0.1) is 0 Å². The molecule has 4 aromatic carbocycles. The van der Waals surface area contributed by atoms with Crippen LogP contribution in [0.25, 0.3) is 33.0 Å². The second kappa shape index (κ2) is 23.9. The molecule has 8 aliphatic heterocycles. The number of hydrogen-bond donors (Lipinski definition) is 10. The van der Waals surface area contributed by atoms with Crippen LogP contribution in [0.3, 0.4) is 0 Å². The zero-order valence-electron chi connectivity index (χ0n) is 53.3. The number of likely N-dealkylation sites (N-methyl/N-ethyl adjacent to an activating group) is 2. The SMILES string of the molecule is CN1C[C@H](C(=O)N[C@]2(C)O[C@@]3(O)[C@@H]4CCCN4C(=O)[C@H](Cc4ccccc4)N3C2=O)C=C2c3cccc4[nH]cc(c34)C[C@H]21.CN1C[C@H](C(=O)N[C@]2(C)O[C@@]3(O)[C@@H]4CCCN4C(=O)[C@H](Cc4ccccc4)N3C2=O)C=C2c3cccc4[nH]cc(c34)C[C@H]21.O=C(O)[C@@H](O)[C@H](O)C(=O)O. The van der Waals surface area contributed by atoms with Crippen molar-refractivity contribution < 1.29 is 78.5 Å². The number of ether oxygens (including phenoxy) is 2. The largest absolute Gasteiger partial charge is 0.479 e. The van der Waals surface area contributed by atoms with Gasteiger partial charge in [-0.25, -0.2) is 9.59 Å². The highest BCUT2D eigenvalue weighted by atomic mass is 16.7. The maximum Gasteiger partial charge on any atom is 0.335 e. The van der Waals surface area contributed by atoms with Crippen LogP contribution in [0.1, 0.15) is 72.9 Å². The van der Waals surface area contributed by atoms with Crippen molar-refractivity contribution in [2.24, 2.45) is 11.8 Å². The van der Waals surface area contributed by atoms with Crippen LogP contribution in [0.15, 0.2) is 122 Å². The molecule has 14 atom stereocenters. The van der Waals surface area contributed by atoms with Gasteiger partial charge in [0.1, 0.15) is 24.2 Å². The van der Waals surface area contributed by atoms with Crippen molar-refractivity contribution in [1.29, 1.82) is 0 Å². The summed E-state index contributed by atoms with van der Waals surface area (Å²) in [5.41, 5.74) is 7.17. The molecule has 0 saturated carbocycles. The lowest BCUT2D eigenvalue weighted by molar-refractivity contribution is -0.315. The van der Waals surface area contributed by atoms with Gasteiger partial charge in [0.15, 0.2) is 12.2 Å². The highest BCUT2D eigenvalue weighted by Crippen LogP contribution is 2.49. The molecule has 10 aliphatic rings. The van der Waals surface area contributed by atoms with Gasteiger partial charge in [0.05, 0.1) is 11.8 Å². The molecule has 6 aromatic rings. The minimum absolute atomic E-state index is 0.144. The Morgan fingerprint density at radius 1 is 0.573 bits per heavy atom. The van der Waals surface area contributed by atoms with Gasteiger partial charge in [-0.2, -0.15) is 0 Å². The van der Waals surface area contributed by atoms with E-state index in [4.69, 9.17) is 29.9 Å². The van der Waals surface area contributed by atoms with Crippen molar-refractivity contribution in [3.05, 3.63) is 155 Å². The smallest absolute Gasteiger partial charge is 0.335 e. The molecule has 10 N–H and O–H groups in total. The summed E-state index contributed by atoms with van der Waals surface area (Å²) in [5.74, 6) is -11.1. The third-order valence-electron chi connectivity index (χ3n) is 21.1. The number of nitrogens with zero attached hydrogens (tertiary/aromatic N) is 6. The van der Waals surface area contributed by atoms with Crippen LogP contribution < -0.4 is 10.6 Å². The standard InChI is InChI=1S/2C33H35N5O5.C4H6O6/c2*1-32(35-29(39)21-15-23-22-10-6-11-24-28(22)20(17-34-24)16-25(23)36(2)18-21)31(41)38-26(14-19-8-4-3-5-9-19)30(40)37-13-7-12-27(37)33(38,42)43-32;5-1(3(7)8)2(6)4(9)10/h2*3-6,8-11,15,17,21,25-27,34,42H,7,12-14,16,18H2,1-2H3,(H,35,39);1-2,5-6H,(H,7,8)(H,9,10)/t2*21-,25-,26+,27+,32-,33+;1-,2-/m110/s1. The number of amides is 6. The van der Waals surface area contributed by atoms with E-state index in [1.165, 1.54) is 45.5 Å². The maximum atomic E-state index is 14.2. The molecule has 6 amide bonds. The number of rotatable bonds is 11. The van der Waals surface area contributed by atoms with Gasteiger partial charge in [0.25, 0.3) is 23.6 Å². The van der Waals surface area contributed by atoms with Crippen LogP contribution in [0, 0.1) is 11.8 Å². The van der Waals surface area contributed by atoms with E-state index in [1.54, 1.807) is 9.80 Å². The predicted molar refractivity (Wildman–Crippen MR) is 343 cm³/mol. The number of aromatic amines is 2. The van der Waals surface area contributed by atoms with E-state index in [0.717, 1.165) is 57.3 Å². The van der Waals surface area contributed by atoms with Crippen LogP contribution >= 0.6 is 0 Å². The van der Waals surface area contributed by atoms with Crippen molar-refractivity contribution in [3.63, 3.8) is 0 Å². The number of carboxylic acid groups (broad SMARTS) is 2. The summed E-state index contributed by atoms with van der Waals surface area (Å²) in [7, 11) is 4.04. The Morgan fingerprint density at radius 3 is 1.33 bits per heavy atom. The van der Waals surface area contributed by atoms with Crippen molar-refractivity contribution in [1.82, 2.24) is 50.0 Å². The summed E-state index contributed by atoms with van der Waals surface area (Å²) in [4.78, 5) is 120. The molecule has 6 saturated heterocycles. The topological polar surface area (TPSA) is 351 Å². The molecule has 0 unspecified atom stereocenters. The summed E-state index contributed by atoms with van der Waals surface area (Å²) in [6.45, 7) is 4.90. The second-order valence-electron chi connectivity index (χ2n) is 27.1.